The van der Waals surface area contributed by atoms with E-state index in [0.29, 0.717) is 45.1 Å². The molecule has 34 heavy (non-hydrogen) atoms. The van der Waals surface area contributed by atoms with Gasteiger partial charge in [0, 0.05) is 11.1 Å². The van der Waals surface area contributed by atoms with Gasteiger partial charge in [0.2, 0.25) is 0 Å². The third-order valence-electron chi connectivity index (χ3n) is 5.34. The van der Waals surface area contributed by atoms with E-state index < -0.39 is 0 Å². The molecule has 6 nitrogen and oxygen atoms in total. The van der Waals surface area contributed by atoms with Crippen LogP contribution >= 0.6 is 0 Å². The lowest BCUT2D eigenvalue weighted by atomic mass is 9.94. The van der Waals surface area contributed by atoms with Crippen molar-refractivity contribution in [1.29, 1.82) is 0 Å². The summed E-state index contributed by atoms with van der Waals surface area (Å²) in [5.74, 6) is 0.509. The number of hydrogen-bond donors (Lipinski definition) is 2. The second kappa shape index (κ2) is 10.4. The van der Waals surface area contributed by atoms with E-state index in [1.54, 1.807) is 62.8 Å². The van der Waals surface area contributed by atoms with Gasteiger partial charge >= 0.3 is 0 Å². The van der Waals surface area contributed by atoms with Gasteiger partial charge in [0.15, 0.2) is 0 Å². The number of ether oxygens (including phenoxy) is 2. The zero-order valence-electron chi connectivity index (χ0n) is 18.9. The van der Waals surface area contributed by atoms with Crippen LogP contribution in [0.4, 0.5) is 11.4 Å². The van der Waals surface area contributed by atoms with E-state index in [2.05, 4.69) is 10.6 Å². The van der Waals surface area contributed by atoms with Crippen LogP contribution in [0.1, 0.15) is 20.7 Å². The number of rotatable bonds is 7. The van der Waals surface area contributed by atoms with E-state index in [4.69, 9.17) is 9.47 Å². The normalized spacial score (nSPS) is 10.3. The van der Waals surface area contributed by atoms with Gasteiger partial charge < -0.3 is 20.1 Å². The van der Waals surface area contributed by atoms with Crippen molar-refractivity contribution in [2.24, 2.45) is 0 Å². The number of carbonyl (C=O) groups is 2. The molecule has 6 heteroatoms. The summed E-state index contributed by atoms with van der Waals surface area (Å²) >= 11 is 0. The smallest absolute Gasteiger partial charge is 0.256 e. The first-order valence-corrected chi connectivity index (χ1v) is 10.7. The molecule has 0 unspecified atom stereocenters. The minimum Gasteiger partial charge on any atom is -0.495 e. The molecule has 2 amide bonds. The summed E-state index contributed by atoms with van der Waals surface area (Å²) in [7, 11) is 3.10. The Balaban J connectivity index is 1.69. The van der Waals surface area contributed by atoms with Gasteiger partial charge in [-0.05, 0) is 47.5 Å². The Morgan fingerprint density at radius 1 is 0.529 bits per heavy atom. The molecule has 170 valence electrons. The summed E-state index contributed by atoms with van der Waals surface area (Å²) in [4.78, 5) is 26.5. The number of anilines is 2. The summed E-state index contributed by atoms with van der Waals surface area (Å²) in [5.41, 5.74) is 3.28. The van der Waals surface area contributed by atoms with Crippen LogP contribution in [-0.4, -0.2) is 26.0 Å². The molecule has 0 atom stereocenters. The van der Waals surface area contributed by atoms with Crippen molar-refractivity contribution >= 4 is 23.2 Å². The van der Waals surface area contributed by atoms with Crippen LogP contribution in [0.2, 0.25) is 0 Å². The molecule has 4 rings (SSSR count). The van der Waals surface area contributed by atoms with E-state index in [9.17, 15) is 9.59 Å². The quantitative estimate of drug-likeness (QED) is 0.367. The second-order valence-electron chi connectivity index (χ2n) is 7.40. The maximum Gasteiger partial charge on any atom is 0.256 e. The monoisotopic (exact) mass is 452 g/mol. The predicted molar refractivity (Wildman–Crippen MR) is 134 cm³/mol. The molecular formula is C28H24N2O4. The molecule has 2 N–H and O–H groups in total. The highest BCUT2D eigenvalue weighted by atomic mass is 16.5. The average Bonchev–Trinajstić information content (AvgIpc) is 2.89. The van der Waals surface area contributed by atoms with Gasteiger partial charge in [-0.3, -0.25) is 9.59 Å². The van der Waals surface area contributed by atoms with E-state index in [1.807, 2.05) is 48.5 Å². The highest BCUT2D eigenvalue weighted by molar-refractivity contribution is 6.13. The largest absolute Gasteiger partial charge is 0.495 e. The molecule has 0 aromatic heterocycles. The van der Waals surface area contributed by atoms with Crippen LogP contribution in [0, 0.1) is 0 Å². The van der Waals surface area contributed by atoms with E-state index in [1.165, 1.54) is 0 Å². The minimum atomic E-state index is -0.306. The van der Waals surface area contributed by atoms with Crippen LogP contribution in [0.25, 0.3) is 11.1 Å². The Labute approximate surface area is 198 Å². The topological polar surface area (TPSA) is 76.7 Å². The van der Waals surface area contributed by atoms with Gasteiger partial charge in [-0.2, -0.15) is 0 Å². The lowest BCUT2D eigenvalue weighted by Crippen LogP contribution is -2.16. The Morgan fingerprint density at radius 2 is 0.882 bits per heavy atom. The van der Waals surface area contributed by atoms with Crippen molar-refractivity contribution < 1.29 is 19.1 Å². The summed E-state index contributed by atoms with van der Waals surface area (Å²) < 4.78 is 10.7. The molecule has 0 bridgehead atoms. The third-order valence-corrected chi connectivity index (χ3v) is 5.34. The summed E-state index contributed by atoms with van der Waals surface area (Å²) in [6.07, 6.45) is 0. The van der Waals surface area contributed by atoms with Gasteiger partial charge in [0.25, 0.3) is 11.8 Å². The first kappa shape index (κ1) is 22.6. The first-order valence-electron chi connectivity index (χ1n) is 10.7. The Morgan fingerprint density at radius 3 is 1.29 bits per heavy atom. The molecule has 0 aliphatic rings. The van der Waals surface area contributed by atoms with E-state index >= 15 is 0 Å². The van der Waals surface area contributed by atoms with Crippen LogP contribution in [-0.2, 0) is 0 Å². The predicted octanol–water partition coefficient (Wildman–Crippen LogP) is 5.88. The highest BCUT2D eigenvalue weighted by Gasteiger charge is 2.19. The van der Waals surface area contributed by atoms with Crippen LogP contribution in [0.3, 0.4) is 0 Å². The molecule has 0 saturated heterocycles. The lowest BCUT2D eigenvalue weighted by molar-refractivity contribution is 0.101. The van der Waals surface area contributed by atoms with Gasteiger partial charge in [0.1, 0.15) is 11.5 Å². The summed E-state index contributed by atoms with van der Waals surface area (Å²) in [5, 5.41) is 5.82. The van der Waals surface area contributed by atoms with Crippen LogP contribution in [0.15, 0.2) is 97.1 Å². The number of hydrogen-bond acceptors (Lipinski definition) is 4. The standard InChI is InChI=1S/C28H24N2O4/c1-33-25-17-9-7-15-23(25)29-27(31)21-13-5-3-11-19(21)20-12-4-6-14-22(20)28(32)30-24-16-8-10-18-26(24)34-2/h3-18H,1-2H3,(H,29,31)(H,30,32). The molecule has 0 spiro atoms. The second-order valence-corrected chi connectivity index (χ2v) is 7.40. The maximum atomic E-state index is 13.2. The molecule has 0 heterocycles. The molecule has 0 saturated carbocycles. The number of methoxy groups -OCH3 is 2. The highest BCUT2D eigenvalue weighted by Crippen LogP contribution is 2.31. The number of benzene rings is 4. The minimum absolute atomic E-state index is 0.306. The maximum absolute atomic E-state index is 13.2. The van der Waals surface area contributed by atoms with Crippen molar-refractivity contribution in [2.45, 2.75) is 0 Å². The average molecular weight is 453 g/mol. The van der Waals surface area contributed by atoms with Crippen molar-refractivity contribution in [3.05, 3.63) is 108 Å². The third kappa shape index (κ3) is 4.76. The van der Waals surface area contributed by atoms with Crippen LogP contribution < -0.4 is 20.1 Å². The number of nitrogens with one attached hydrogen (secondary N) is 2. The molecule has 0 radical (unpaired) electrons. The van der Waals surface area contributed by atoms with Crippen LogP contribution in [0.5, 0.6) is 11.5 Å². The fourth-order valence-corrected chi connectivity index (χ4v) is 3.71. The fourth-order valence-electron chi connectivity index (χ4n) is 3.71. The van der Waals surface area contributed by atoms with Gasteiger partial charge in [-0.15, -0.1) is 0 Å². The Hall–Kier alpha value is -4.58. The molecule has 4 aromatic rings. The SMILES string of the molecule is COc1ccccc1NC(=O)c1ccccc1-c1ccccc1C(=O)Nc1ccccc1OC. The Kier molecular flexibility index (Phi) is 6.89. The molecule has 0 fully saturated rings. The zero-order valence-corrected chi connectivity index (χ0v) is 18.9. The van der Waals surface area contributed by atoms with E-state index in [-0.39, 0.29) is 11.8 Å². The van der Waals surface area contributed by atoms with Gasteiger partial charge in [0.05, 0.1) is 25.6 Å². The van der Waals surface area contributed by atoms with Crippen molar-refractivity contribution in [3.8, 4) is 22.6 Å². The molecule has 0 aliphatic heterocycles. The molecular weight excluding hydrogens is 428 g/mol. The number of para-hydroxylation sites is 4. The number of carbonyl (C=O) groups excluding carboxylic acids is 2. The first-order chi connectivity index (χ1) is 16.6. The van der Waals surface area contributed by atoms with Gasteiger partial charge in [-0.25, -0.2) is 0 Å². The number of amides is 2. The molecule has 4 aromatic carbocycles. The van der Waals surface area contributed by atoms with E-state index in [0.717, 1.165) is 0 Å². The molecule has 0 aliphatic carbocycles. The lowest BCUT2D eigenvalue weighted by Gasteiger charge is -2.15. The fraction of sp³-hybridized carbons (Fsp3) is 0.0714. The zero-order chi connectivity index (χ0) is 23.9. The van der Waals surface area contributed by atoms with Crippen molar-refractivity contribution in [3.63, 3.8) is 0 Å². The van der Waals surface area contributed by atoms with Crippen molar-refractivity contribution in [1.82, 2.24) is 0 Å². The van der Waals surface area contributed by atoms with Crippen molar-refractivity contribution in [2.75, 3.05) is 24.9 Å². The van der Waals surface area contributed by atoms with Gasteiger partial charge in [-0.1, -0.05) is 60.7 Å². The summed E-state index contributed by atoms with van der Waals surface area (Å²) in [6.45, 7) is 0. The Bertz CT molecular complexity index is 1230. The summed E-state index contributed by atoms with van der Waals surface area (Å²) in [6, 6.07) is 28.8.